The molecular weight excluding hydrogens is 313 g/mol. The molecule has 1 atom stereocenters. The first-order valence-corrected chi connectivity index (χ1v) is 8.45. The molecule has 0 aliphatic carbocycles. The minimum absolute atomic E-state index is 0.426. The summed E-state index contributed by atoms with van der Waals surface area (Å²) in [6, 6.07) is 16.5. The Hall–Kier alpha value is -1.28. The Morgan fingerprint density at radius 3 is 1.86 bits per heavy atom. The maximum atomic E-state index is 6.03. The smallest absolute Gasteiger partial charge is 0.0406 e. The number of hydrogen-bond acceptors (Lipinski definition) is 1. The summed E-state index contributed by atoms with van der Waals surface area (Å²) in [5.74, 6) is 0. The maximum Gasteiger partial charge on any atom is 0.0406 e. The van der Waals surface area contributed by atoms with Gasteiger partial charge in [0, 0.05) is 16.1 Å². The van der Waals surface area contributed by atoms with Crippen molar-refractivity contribution in [2.45, 2.75) is 25.3 Å². The van der Waals surface area contributed by atoms with Crippen LogP contribution in [0.2, 0.25) is 10.0 Å². The van der Waals surface area contributed by atoms with E-state index in [0.29, 0.717) is 6.04 Å². The van der Waals surface area contributed by atoms with Crippen LogP contribution < -0.4 is 5.32 Å². The zero-order valence-corrected chi connectivity index (χ0v) is 13.9. The minimum atomic E-state index is 0.426. The molecule has 0 saturated carbocycles. The van der Waals surface area contributed by atoms with Crippen LogP contribution in [0.1, 0.15) is 30.4 Å². The fourth-order valence-corrected chi connectivity index (χ4v) is 3.09. The lowest BCUT2D eigenvalue weighted by Gasteiger charge is -2.22. The Balaban J connectivity index is 1.99. The average molecular weight is 332 g/mol. The van der Waals surface area contributed by atoms with Crippen molar-refractivity contribution in [3.8, 4) is 0 Å². The van der Waals surface area contributed by atoms with Crippen LogP contribution in [0.15, 0.2) is 54.6 Å². The van der Waals surface area contributed by atoms with Crippen LogP contribution in [0, 0.1) is 0 Å². The monoisotopic (exact) mass is 331 g/mol. The lowest BCUT2D eigenvalue weighted by Crippen LogP contribution is -2.32. The molecule has 3 rings (SSSR count). The van der Waals surface area contributed by atoms with Gasteiger partial charge in [0.2, 0.25) is 0 Å². The van der Waals surface area contributed by atoms with Gasteiger partial charge in [-0.1, -0.05) is 60.0 Å². The van der Waals surface area contributed by atoms with Crippen LogP contribution in [0.25, 0.3) is 5.57 Å². The van der Waals surface area contributed by atoms with Crippen molar-refractivity contribution < 1.29 is 0 Å². The molecule has 0 spiro atoms. The number of piperidine rings is 1. The first kappa shape index (κ1) is 15.6. The van der Waals surface area contributed by atoms with Crippen LogP contribution in [-0.2, 0) is 0 Å². The first-order valence-electron chi connectivity index (χ1n) is 7.69. The van der Waals surface area contributed by atoms with Crippen molar-refractivity contribution in [3.05, 3.63) is 75.8 Å². The van der Waals surface area contributed by atoms with Crippen molar-refractivity contribution in [2.75, 3.05) is 6.54 Å². The Morgan fingerprint density at radius 1 is 0.864 bits per heavy atom. The lowest BCUT2D eigenvalue weighted by molar-refractivity contribution is 0.455. The highest BCUT2D eigenvalue weighted by molar-refractivity contribution is 6.31. The SMILES string of the molecule is Clc1ccc(C(=CC2CCCCN2)c2ccc(Cl)cc2)cc1. The van der Waals surface area contributed by atoms with Crippen molar-refractivity contribution in [1.82, 2.24) is 5.32 Å². The minimum Gasteiger partial charge on any atom is -0.310 e. The van der Waals surface area contributed by atoms with Gasteiger partial charge in [0.15, 0.2) is 0 Å². The Kier molecular flexibility index (Phi) is 5.20. The third kappa shape index (κ3) is 3.92. The summed E-state index contributed by atoms with van der Waals surface area (Å²) in [4.78, 5) is 0. The number of hydrogen-bond donors (Lipinski definition) is 1. The molecule has 0 aromatic heterocycles. The maximum absolute atomic E-state index is 6.03. The van der Waals surface area contributed by atoms with Crippen LogP contribution in [-0.4, -0.2) is 12.6 Å². The summed E-state index contributed by atoms with van der Waals surface area (Å²) < 4.78 is 0. The lowest BCUT2D eigenvalue weighted by atomic mass is 9.93. The third-order valence-electron chi connectivity index (χ3n) is 4.03. The molecular formula is C19H19Cl2N. The highest BCUT2D eigenvalue weighted by Gasteiger charge is 2.13. The molecule has 1 unspecified atom stereocenters. The van der Waals surface area contributed by atoms with Crippen LogP contribution in [0.3, 0.4) is 0 Å². The summed E-state index contributed by atoms with van der Waals surface area (Å²) in [5.41, 5.74) is 3.59. The zero-order valence-electron chi connectivity index (χ0n) is 12.4. The van der Waals surface area contributed by atoms with Gasteiger partial charge in [0.05, 0.1) is 0 Å². The van der Waals surface area contributed by atoms with E-state index in [4.69, 9.17) is 23.2 Å². The van der Waals surface area contributed by atoms with E-state index in [1.54, 1.807) is 0 Å². The summed E-state index contributed by atoms with van der Waals surface area (Å²) in [5, 5.41) is 5.10. The van der Waals surface area contributed by atoms with Crippen molar-refractivity contribution >= 4 is 28.8 Å². The van der Waals surface area contributed by atoms with Crippen LogP contribution >= 0.6 is 23.2 Å². The highest BCUT2D eigenvalue weighted by Crippen LogP contribution is 2.27. The first-order chi connectivity index (χ1) is 10.7. The normalized spacial score (nSPS) is 18.0. The molecule has 1 saturated heterocycles. The predicted octanol–water partition coefficient (Wildman–Crippen LogP) is 5.57. The Labute approximate surface area is 142 Å². The number of rotatable bonds is 3. The average Bonchev–Trinajstić information content (AvgIpc) is 2.56. The summed E-state index contributed by atoms with van der Waals surface area (Å²) in [7, 11) is 0. The molecule has 3 heteroatoms. The quantitative estimate of drug-likeness (QED) is 0.775. The predicted molar refractivity (Wildman–Crippen MR) is 95.6 cm³/mol. The van der Waals surface area contributed by atoms with E-state index in [1.807, 2.05) is 24.3 Å². The van der Waals surface area contributed by atoms with E-state index in [0.717, 1.165) is 16.6 Å². The second kappa shape index (κ2) is 7.32. The standard InChI is InChI=1S/C19H19Cl2N/c20-16-8-4-14(5-9-16)19(13-18-3-1-2-12-22-18)15-6-10-17(21)11-7-15/h4-11,13,18,22H,1-3,12H2. The van der Waals surface area contributed by atoms with Gasteiger partial charge in [-0.05, 0) is 60.4 Å². The molecule has 1 heterocycles. The van der Waals surface area contributed by atoms with Gasteiger partial charge in [-0.15, -0.1) is 0 Å². The van der Waals surface area contributed by atoms with Gasteiger partial charge in [-0.3, -0.25) is 0 Å². The summed E-state index contributed by atoms with van der Waals surface area (Å²) >= 11 is 12.1. The molecule has 22 heavy (non-hydrogen) atoms. The van der Waals surface area contributed by atoms with Crippen molar-refractivity contribution in [1.29, 1.82) is 0 Å². The second-order valence-electron chi connectivity index (χ2n) is 5.65. The van der Waals surface area contributed by atoms with E-state index in [-0.39, 0.29) is 0 Å². The number of benzene rings is 2. The van der Waals surface area contributed by atoms with Gasteiger partial charge in [-0.25, -0.2) is 0 Å². The highest BCUT2D eigenvalue weighted by atomic mass is 35.5. The zero-order chi connectivity index (χ0) is 15.4. The van der Waals surface area contributed by atoms with Gasteiger partial charge in [0.1, 0.15) is 0 Å². The molecule has 114 valence electrons. The molecule has 2 aromatic rings. The topological polar surface area (TPSA) is 12.0 Å². The molecule has 0 amide bonds. The number of nitrogens with one attached hydrogen (secondary N) is 1. The van der Waals surface area contributed by atoms with Crippen LogP contribution in [0.4, 0.5) is 0 Å². The Morgan fingerprint density at radius 2 is 1.41 bits per heavy atom. The fraction of sp³-hybridized carbons (Fsp3) is 0.263. The summed E-state index contributed by atoms with van der Waals surface area (Å²) in [6.45, 7) is 1.09. The van der Waals surface area contributed by atoms with E-state index < -0.39 is 0 Å². The molecule has 0 radical (unpaired) electrons. The molecule has 1 aliphatic rings. The summed E-state index contributed by atoms with van der Waals surface area (Å²) in [6.07, 6.45) is 6.07. The van der Waals surface area contributed by atoms with Gasteiger partial charge >= 0.3 is 0 Å². The Bertz CT molecular complexity index is 591. The van der Waals surface area contributed by atoms with E-state index >= 15 is 0 Å². The van der Waals surface area contributed by atoms with Gasteiger partial charge < -0.3 is 5.32 Å². The van der Waals surface area contributed by atoms with E-state index in [2.05, 4.69) is 35.7 Å². The molecule has 1 aliphatic heterocycles. The van der Waals surface area contributed by atoms with Crippen molar-refractivity contribution in [3.63, 3.8) is 0 Å². The fourth-order valence-electron chi connectivity index (χ4n) is 2.84. The van der Waals surface area contributed by atoms with E-state index in [1.165, 1.54) is 36.0 Å². The largest absolute Gasteiger partial charge is 0.310 e. The second-order valence-corrected chi connectivity index (χ2v) is 6.52. The van der Waals surface area contributed by atoms with Crippen molar-refractivity contribution in [2.24, 2.45) is 0 Å². The molecule has 2 aromatic carbocycles. The van der Waals surface area contributed by atoms with Crippen LogP contribution in [0.5, 0.6) is 0 Å². The van der Waals surface area contributed by atoms with Gasteiger partial charge in [-0.2, -0.15) is 0 Å². The van der Waals surface area contributed by atoms with Gasteiger partial charge in [0.25, 0.3) is 0 Å². The third-order valence-corrected chi connectivity index (χ3v) is 4.53. The molecule has 1 fully saturated rings. The molecule has 1 nitrogen and oxygen atoms in total. The van der Waals surface area contributed by atoms with E-state index in [9.17, 15) is 0 Å². The molecule has 0 bridgehead atoms. The molecule has 1 N–H and O–H groups in total. The number of halogens is 2.